The van der Waals surface area contributed by atoms with Crippen molar-refractivity contribution in [2.45, 2.75) is 44.6 Å². The number of pyridine rings is 1. The molecule has 3 aromatic rings. The Kier molecular flexibility index (Phi) is 7.34. The van der Waals surface area contributed by atoms with Crippen LogP contribution in [0.5, 0.6) is 0 Å². The van der Waals surface area contributed by atoms with E-state index in [1.807, 2.05) is 24.7 Å². The van der Waals surface area contributed by atoms with E-state index in [-0.39, 0.29) is 18.9 Å². The van der Waals surface area contributed by atoms with E-state index >= 15 is 0 Å². The molecule has 2 N–H and O–H groups in total. The van der Waals surface area contributed by atoms with Gasteiger partial charge in [-0.05, 0) is 74.8 Å². The molecule has 160 valence electrons. The topological polar surface area (TPSA) is 47.1 Å². The van der Waals surface area contributed by atoms with E-state index in [9.17, 15) is 4.39 Å². The maximum atomic E-state index is 14.3. The smallest absolute Gasteiger partial charge is 0.117 e. The summed E-state index contributed by atoms with van der Waals surface area (Å²) in [7, 11) is 4.07. The Bertz CT molecular complexity index is 1040. The van der Waals surface area contributed by atoms with Gasteiger partial charge in [0.25, 0.3) is 0 Å². The third-order valence-electron chi connectivity index (χ3n) is 5.15. The molecule has 0 amide bonds. The van der Waals surface area contributed by atoms with E-state index in [2.05, 4.69) is 55.4 Å². The van der Waals surface area contributed by atoms with Crippen molar-refractivity contribution in [3.05, 3.63) is 70.8 Å². The first-order valence-corrected chi connectivity index (χ1v) is 11.0. The molecule has 0 aliphatic rings. The summed E-state index contributed by atoms with van der Waals surface area (Å²) in [6.07, 6.45) is 2.20. The molecule has 0 unspecified atom stereocenters. The molecule has 0 atom stereocenters. The molecule has 2 heterocycles. The predicted octanol–water partition coefficient (Wildman–Crippen LogP) is 5.44. The molecule has 1 aromatic carbocycles. The van der Waals surface area contributed by atoms with Crippen LogP contribution in [-0.2, 0) is 13.0 Å². The van der Waals surface area contributed by atoms with Crippen LogP contribution in [0, 0.1) is 6.92 Å². The second-order valence-corrected chi connectivity index (χ2v) is 9.40. The lowest BCUT2D eigenvalue weighted by molar-refractivity contribution is 0.554. The molecule has 0 fully saturated rings. The number of halogens is 1. The molecule has 0 spiro atoms. The Labute approximate surface area is 183 Å². The molecule has 3 rings (SSSR count). The normalized spacial score (nSPS) is 12.5. The van der Waals surface area contributed by atoms with Gasteiger partial charge in [-0.15, -0.1) is 0 Å². The number of nitrogens with zero attached hydrogens (tertiary/aromatic N) is 3. The first-order valence-electron chi connectivity index (χ1n) is 10.3. The number of nitrogens with two attached hydrogens (primary N) is 1. The maximum absolute atomic E-state index is 14.3. The third-order valence-corrected chi connectivity index (χ3v) is 5.99. The van der Waals surface area contributed by atoms with Gasteiger partial charge in [0.05, 0.1) is 17.6 Å². The Hall–Kier alpha value is -2.15. The lowest BCUT2D eigenvalue weighted by atomic mass is 10.0. The molecule has 0 saturated carbocycles. The molecule has 0 aliphatic heterocycles. The Balaban J connectivity index is 2.04. The minimum atomic E-state index is -0.220. The standard InChI is InChI=1S/C24H31FN4S/c1-16(2)22-10-11-23-24(27-22)21(17(3)29(23)15-19(25)12-13-26)14-18-6-8-20(9-7-18)30-28(4)5/h6-12,16H,13-15,26H2,1-5H3/b19-12-. The summed E-state index contributed by atoms with van der Waals surface area (Å²) in [4.78, 5) is 6.17. The van der Waals surface area contributed by atoms with Crippen LogP contribution in [0.1, 0.15) is 42.3 Å². The summed E-state index contributed by atoms with van der Waals surface area (Å²) in [5.41, 5.74) is 11.9. The SMILES string of the molecule is Cc1c(Cc2ccc(SN(C)C)cc2)c2nc(C(C)C)ccc2n1C/C(F)=C/CN. The van der Waals surface area contributed by atoms with Crippen LogP contribution in [0.3, 0.4) is 0 Å². The van der Waals surface area contributed by atoms with Crippen LogP contribution in [0.15, 0.2) is 53.2 Å². The summed E-state index contributed by atoms with van der Waals surface area (Å²) in [6.45, 7) is 6.72. The first-order chi connectivity index (χ1) is 14.3. The molecule has 0 radical (unpaired) electrons. The van der Waals surface area contributed by atoms with Crippen molar-refractivity contribution in [1.82, 2.24) is 13.9 Å². The number of hydrogen-bond acceptors (Lipinski definition) is 4. The number of benzene rings is 1. The van der Waals surface area contributed by atoms with Crippen molar-refractivity contribution in [3.8, 4) is 0 Å². The fourth-order valence-corrected chi connectivity index (χ4v) is 4.26. The van der Waals surface area contributed by atoms with Gasteiger partial charge in [-0.1, -0.05) is 26.0 Å². The number of aromatic nitrogens is 2. The fourth-order valence-electron chi connectivity index (χ4n) is 3.59. The minimum absolute atomic E-state index is 0.181. The van der Waals surface area contributed by atoms with E-state index in [0.717, 1.165) is 34.4 Å². The maximum Gasteiger partial charge on any atom is 0.117 e. The van der Waals surface area contributed by atoms with Crippen LogP contribution < -0.4 is 5.73 Å². The number of allylic oxidation sites excluding steroid dienone is 1. The van der Waals surface area contributed by atoms with Gasteiger partial charge in [-0.3, -0.25) is 9.29 Å². The molecule has 2 aromatic heterocycles. The van der Waals surface area contributed by atoms with Gasteiger partial charge in [0.15, 0.2) is 0 Å². The highest BCUT2D eigenvalue weighted by Gasteiger charge is 2.18. The van der Waals surface area contributed by atoms with E-state index in [1.165, 1.54) is 16.5 Å². The fraction of sp³-hybridized carbons (Fsp3) is 0.375. The van der Waals surface area contributed by atoms with Gasteiger partial charge in [0.2, 0.25) is 0 Å². The predicted molar refractivity (Wildman–Crippen MR) is 126 cm³/mol. The highest BCUT2D eigenvalue weighted by Crippen LogP contribution is 2.30. The van der Waals surface area contributed by atoms with Gasteiger partial charge in [-0.2, -0.15) is 0 Å². The van der Waals surface area contributed by atoms with Crippen molar-refractivity contribution >= 4 is 23.0 Å². The van der Waals surface area contributed by atoms with Crippen molar-refractivity contribution in [3.63, 3.8) is 0 Å². The largest absolute Gasteiger partial charge is 0.336 e. The molecule has 30 heavy (non-hydrogen) atoms. The Morgan fingerprint density at radius 1 is 1.20 bits per heavy atom. The Morgan fingerprint density at radius 2 is 1.90 bits per heavy atom. The average molecular weight is 427 g/mol. The van der Waals surface area contributed by atoms with Gasteiger partial charge < -0.3 is 10.3 Å². The summed E-state index contributed by atoms with van der Waals surface area (Å²) in [6, 6.07) is 12.7. The molecular formula is C24H31FN4S. The Morgan fingerprint density at radius 3 is 2.50 bits per heavy atom. The average Bonchev–Trinajstić information content (AvgIpc) is 2.94. The lowest BCUT2D eigenvalue weighted by Crippen LogP contribution is -2.04. The first kappa shape index (κ1) is 22.5. The van der Waals surface area contributed by atoms with Gasteiger partial charge in [0, 0.05) is 34.8 Å². The van der Waals surface area contributed by atoms with Gasteiger partial charge in [0.1, 0.15) is 5.83 Å². The third kappa shape index (κ3) is 5.12. The van der Waals surface area contributed by atoms with Crippen molar-refractivity contribution in [2.24, 2.45) is 5.73 Å². The van der Waals surface area contributed by atoms with E-state index in [4.69, 9.17) is 10.7 Å². The zero-order chi connectivity index (χ0) is 21.8. The minimum Gasteiger partial charge on any atom is -0.336 e. The number of rotatable bonds is 8. The van der Waals surface area contributed by atoms with Crippen LogP contribution >= 0.6 is 11.9 Å². The van der Waals surface area contributed by atoms with Crippen LogP contribution in [-0.4, -0.2) is 34.5 Å². The van der Waals surface area contributed by atoms with Gasteiger partial charge >= 0.3 is 0 Å². The summed E-state index contributed by atoms with van der Waals surface area (Å²) < 4.78 is 18.4. The van der Waals surface area contributed by atoms with E-state index in [0.29, 0.717) is 5.92 Å². The molecular weight excluding hydrogens is 395 g/mol. The number of hydrogen-bond donors (Lipinski definition) is 1. The highest BCUT2D eigenvalue weighted by atomic mass is 32.2. The molecule has 0 bridgehead atoms. The molecule has 0 aliphatic carbocycles. The lowest BCUT2D eigenvalue weighted by Gasteiger charge is -2.09. The summed E-state index contributed by atoms with van der Waals surface area (Å²) >= 11 is 1.70. The van der Waals surface area contributed by atoms with Crippen LogP contribution in [0.4, 0.5) is 4.39 Å². The van der Waals surface area contributed by atoms with E-state index < -0.39 is 0 Å². The van der Waals surface area contributed by atoms with Crippen molar-refractivity contribution < 1.29 is 4.39 Å². The monoisotopic (exact) mass is 426 g/mol. The van der Waals surface area contributed by atoms with Crippen molar-refractivity contribution in [2.75, 3.05) is 20.6 Å². The second kappa shape index (κ2) is 9.77. The number of fused-ring (bicyclic) bond motifs is 1. The van der Waals surface area contributed by atoms with Crippen LogP contribution in [0.25, 0.3) is 11.0 Å². The summed E-state index contributed by atoms with van der Waals surface area (Å²) in [5.74, 6) is 0.115. The van der Waals surface area contributed by atoms with Crippen molar-refractivity contribution in [1.29, 1.82) is 0 Å². The quantitative estimate of drug-likeness (QED) is 0.487. The zero-order valence-corrected chi connectivity index (χ0v) is 19.3. The van der Waals surface area contributed by atoms with E-state index in [1.54, 1.807) is 11.9 Å². The summed E-state index contributed by atoms with van der Waals surface area (Å²) in [5, 5.41) is 0. The zero-order valence-electron chi connectivity index (χ0n) is 18.4. The molecule has 6 heteroatoms. The van der Waals surface area contributed by atoms with Crippen LogP contribution in [0.2, 0.25) is 0 Å². The van der Waals surface area contributed by atoms with Gasteiger partial charge in [-0.25, -0.2) is 4.39 Å². The molecule has 4 nitrogen and oxygen atoms in total. The molecule has 0 saturated heterocycles. The highest BCUT2D eigenvalue weighted by molar-refractivity contribution is 7.97. The second-order valence-electron chi connectivity index (χ2n) is 8.02.